The molecule has 0 radical (unpaired) electrons. The van der Waals surface area contributed by atoms with Gasteiger partial charge in [-0.2, -0.15) is 10.2 Å². The Morgan fingerprint density at radius 1 is 1.22 bits per heavy atom. The van der Waals surface area contributed by atoms with Crippen LogP contribution in [0.1, 0.15) is 24.6 Å². The van der Waals surface area contributed by atoms with Crippen molar-refractivity contribution in [1.82, 2.24) is 24.5 Å². The van der Waals surface area contributed by atoms with Crippen LogP contribution in [0.25, 0.3) is 0 Å². The first-order valence-electron chi connectivity index (χ1n) is 9.42. The average molecular weight is 393 g/mol. The highest BCUT2D eigenvalue weighted by Crippen LogP contribution is 2.24. The van der Waals surface area contributed by atoms with Gasteiger partial charge in [-0.25, -0.2) is 4.68 Å². The predicted molar refractivity (Wildman–Crippen MR) is 103 cm³/mol. The van der Waals surface area contributed by atoms with Gasteiger partial charge in [0.15, 0.2) is 0 Å². The Kier molecular flexibility index (Phi) is 5.47. The highest BCUT2D eigenvalue weighted by Gasteiger charge is 2.25. The van der Waals surface area contributed by atoms with Gasteiger partial charge in [0, 0.05) is 39.3 Å². The molecule has 0 aliphatic carbocycles. The molecule has 2 fully saturated rings. The molecular formula is C18H25ClN6O2. The fourth-order valence-electron chi connectivity index (χ4n) is 3.88. The minimum atomic E-state index is -0.0376. The molecule has 1 atom stereocenters. The number of morpholine rings is 1. The maximum absolute atomic E-state index is 12.7. The van der Waals surface area contributed by atoms with Crippen LogP contribution < -0.4 is 10.5 Å². The summed E-state index contributed by atoms with van der Waals surface area (Å²) in [6.45, 7) is 5.48. The zero-order valence-corrected chi connectivity index (χ0v) is 16.3. The Balaban J connectivity index is 1.47. The summed E-state index contributed by atoms with van der Waals surface area (Å²) in [6.07, 6.45) is 5.47. The first-order chi connectivity index (χ1) is 13.1. The second-order valence-corrected chi connectivity index (χ2v) is 7.60. The molecule has 4 rings (SSSR count). The number of nitrogens with zero attached hydrogens (tertiary/aromatic N) is 6. The third-order valence-corrected chi connectivity index (χ3v) is 5.71. The Morgan fingerprint density at radius 2 is 2.04 bits per heavy atom. The molecule has 0 spiro atoms. The lowest BCUT2D eigenvalue weighted by molar-refractivity contribution is 0.122. The van der Waals surface area contributed by atoms with Crippen molar-refractivity contribution in [2.75, 3.05) is 44.3 Å². The van der Waals surface area contributed by atoms with Crippen LogP contribution >= 0.6 is 11.6 Å². The summed E-state index contributed by atoms with van der Waals surface area (Å²) in [7, 11) is 1.90. The number of hydrogen-bond donors (Lipinski definition) is 0. The molecule has 27 heavy (non-hydrogen) atoms. The molecule has 2 aliphatic heterocycles. The van der Waals surface area contributed by atoms with E-state index in [2.05, 4.69) is 20.0 Å². The number of likely N-dealkylation sites (tertiary alicyclic amines) is 1. The van der Waals surface area contributed by atoms with E-state index in [-0.39, 0.29) is 11.6 Å². The van der Waals surface area contributed by atoms with Crippen LogP contribution in [0.4, 0.5) is 5.69 Å². The summed E-state index contributed by atoms with van der Waals surface area (Å²) in [6, 6.07) is 1.78. The van der Waals surface area contributed by atoms with Gasteiger partial charge in [-0.1, -0.05) is 11.6 Å². The maximum atomic E-state index is 12.7. The molecule has 2 saturated heterocycles. The number of aromatic nitrogens is 4. The summed E-state index contributed by atoms with van der Waals surface area (Å²) >= 11 is 6.24. The van der Waals surface area contributed by atoms with E-state index in [1.165, 1.54) is 0 Å². The number of anilines is 1. The van der Waals surface area contributed by atoms with Gasteiger partial charge in [-0.3, -0.25) is 14.4 Å². The number of halogens is 1. The van der Waals surface area contributed by atoms with Gasteiger partial charge in [-0.15, -0.1) is 0 Å². The van der Waals surface area contributed by atoms with E-state index in [9.17, 15) is 4.79 Å². The molecule has 0 bridgehead atoms. The fourth-order valence-corrected chi connectivity index (χ4v) is 4.10. The van der Waals surface area contributed by atoms with E-state index in [0.29, 0.717) is 18.2 Å². The number of hydrogen-bond acceptors (Lipinski definition) is 6. The number of ether oxygens (including phenoxy) is 1. The number of aryl methyl sites for hydroxylation is 1. The molecule has 0 aromatic carbocycles. The van der Waals surface area contributed by atoms with Gasteiger partial charge in [-0.05, 0) is 19.4 Å². The second kappa shape index (κ2) is 8.00. The zero-order valence-electron chi connectivity index (χ0n) is 15.6. The zero-order chi connectivity index (χ0) is 18.8. The molecule has 2 aromatic rings. The first kappa shape index (κ1) is 18.5. The van der Waals surface area contributed by atoms with Gasteiger partial charge in [0.05, 0.1) is 48.1 Å². The largest absolute Gasteiger partial charge is 0.378 e. The summed E-state index contributed by atoms with van der Waals surface area (Å²) in [4.78, 5) is 17.2. The van der Waals surface area contributed by atoms with Gasteiger partial charge in [0.2, 0.25) is 0 Å². The smallest absolute Gasteiger partial charge is 0.269 e. The first-order valence-corrected chi connectivity index (χ1v) is 9.80. The van der Waals surface area contributed by atoms with Crippen LogP contribution in [-0.2, 0) is 18.3 Å². The van der Waals surface area contributed by atoms with Crippen molar-refractivity contribution in [1.29, 1.82) is 0 Å². The third kappa shape index (κ3) is 4.02. The third-order valence-electron chi connectivity index (χ3n) is 5.40. The van der Waals surface area contributed by atoms with Crippen molar-refractivity contribution >= 4 is 17.3 Å². The van der Waals surface area contributed by atoms with Crippen LogP contribution in [0, 0.1) is 0 Å². The minimum Gasteiger partial charge on any atom is -0.378 e. The topological polar surface area (TPSA) is 68.4 Å². The molecule has 2 aromatic heterocycles. The molecule has 0 amide bonds. The molecule has 0 saturated carbocycles. The Hall–Kier alpha value is -1.90. The van der Waals surface area contributed by atoms with E-state index in [4.69, 9.17) is 16.3 Å². The Labute approximate surface area is 163 Å². The van der Waals surface area contributed by atoms with Crippen LogP contribution in [0.5, 0.6) is 0 Å². The van der Waals surface area contributed by atoms with Crippen molar-refractivity contribution in [3.63, 3.8) is 0 Å². The lowest BCUT2D eigenvalue weighted by Crippen LogP contribution is -2.41. The monoisotopic (exact) mass is 392 g/mol. The van der Waals surface area contributed by atoms with Crippen molar-refractivity contribution < 1.29 is 4.74 Å². The van der Waals surface area contributed by atoms with Crippen molar-refractivity contribution in [3.05, 3.63) is 39.5 Å². The summed E-state index contributed by atoms with van der Waals surface area (Å²) in [5.74, 6) is 0. The van der Waals surface area contributed by atoms with Gasteiger partial charge < -0.3 is 9.64 Å². The van der Waals surface area contributed by atoms with Gasteiger partial charge in [0.1, 0.15) is 0 Å². The van der Waals surface area contributed by atoms with E-state index < -0.39 is 0 Å². The van der Waals surface area contributed by atoms with Gasteiger partial charge >= 0.3 is 0 Å². The molecule has 9 heteroatoms. The summed E-state index contributed by atoms with van der Waals surface area (Å²) in [5.41, 5.74) is 1.85. The molecule has 4 heterocycles. The highest BCUT2D eigenvalue weighted by molar-refractivity contribution is 6.31. The van der Waals surface area contributed by atoms with Crippen LogP contribution in [0.2, 0.25) is 5.02 Å². The predicted octanol–water partition coefficient (Wildman–Crippen LogP) is 1.30. The Morgan fingerprint density at radius 3 is 2.74 bits per heavy atom. The van der Waals surface area contributed by atoms with Crippen molar-refractivity contribution in [3.8, 4) is 0 Å². The summed E-state index contributed by atoms with van der Waals surface area (Å²) in [5, 5.41) is 9.38. The van der Waals surface area contributed by atoms with E-state index in [1.54, 1.807) is 16.9 Å². The van der Waals surface area contributed by atoms with Crippen molar-refractivity contribution in [2.45, 2.75) is 25.4 Å². The lowest BCUT2D eigenvalue weighted by Gasteiger charge is -2.33. The van der Waals surface area contributed by atoms with Crippen LogP contribution in [0.3, 0.4) is 0 Å². The molecule has 0 unspecified atom stereocenters. The van der Waals surface area contributed by atoms with E-state index in [1.807, 2.05) is 17.9 Å². The van der Waals surface area contributed by atoms with E-state index >= 15 is 0 Å². The van der Waals surface area contributed by atoms with E-state index in [0.717, 1.165) is 56.9 Å². The molecule has 2 aliphatic rings. The van der Waals surface area contributed by atoms with Crippen LogP contribution in [0.15, 0.2) is 23.3 Å². The summed E-state index contributed by atoms with van der Waals surface area (Å²) < 4.78 is 8.83. The number of piperidine rings is 1. The maximum Gasteiger partial charge on any atom is 0.269 e. The second-order valence-electron chi connectivity index (χ2n) is 7.19. The average Bonchev–Trinajstić information content (AvgIpc) is 3.01. The minimum absolute atomic E-state index is 0.0376. The lowest BCUT2D eigenvalue weighted by atomic mass is 10.1. The normalized spacial score (nSPS) is 21.6. The highest BCUT2D eigenvalue weighted by atomic mass is 35.5. The SMILES string of the molecule is Cn1ncc(Cl)c1CN1CCC[C@H](n2ncc(N3CCOCC3)cc2=O)C1. The molecule has 8 nitrogen and oxygen atoms in total. The quantitative estimate of drug-likeness (QED) is 0.781. The number of rotatable bonds is 4. The Bertz CT molecular complexity index is 825. The van der Waals surface area contributed by atoms with Crippen molar-refractivity contribution in [2.24, 2.45) is 7.05 Å². The molecule has 0 N–H and O–H groups in total. The fraction of sp³-hybridized carbons (Fsp3) is 0.611. The van der Waals surface area contributed by atoms with Crippen LogP contribution in [-0.4, -0.2) is 63.9 Å². The molecular weight excluding hydrogens is 368 g/mol. The standard InChI is InChI=1S/C18H25ClN6O2/c1-22-17(16(19)11-20-22)13-23-4-2-3-14(12-23)25-18(26)9-15(10-21-25)24-5-7-27-8-6-24/h9-11,14H,2-8,12-13H2,1H3/t14-/m0/s1. The molecule has 146 valence electrons. The van der Waals surface area contributed by atoms with Gasteiger partial charge in [0.25, 0.3) is 5.56 Å².